The Balaban J connectivity index is 2.88. The number of nitrogens with zero attached hydrogens (tertiary/aromatic N) is 3. The summed E-state index contributed by atoms with van der Waals surface area (Å²) in [6, 6.07) is 1.00. The van der Waals surface area contributed by atoms with E-state index in [4.69, 9.17) is 4.52 Å². The van der Waals surface area contributed by atoms with Gasteiger partial charge in [0.1, 0.15) is 5.56 Å². The van der Waals surface area contributed by atoms with Crippen molar-refractivity contribution in [2.24, 2.45) is 5.92 Å². The highest BCUT2D eigenvalue weighted by molar-refractivity contribution is 6.07. The number of aromatic hydroxyl groups is 2. The lowest BCUT2D eigenvalue weighted by Crippen LogP contribution is -2.12. The van der Waals surface area contributed by atoms with Gasteiger partial charge in [-0.15, -0.1) is 0 Å². The molecule has 0 aliphatic carbocycles. The van der Waals surface area contributed by atoms with E-state index in [2.05, 4.69) is 10.1 Å². The Morgan fingerprint density at radius 2 is 2.05 bits per heavy atom. The summed E-state index contributed by atoms with van der Waals surface area (Å²) in [5, 5.41) is 34.3. The zero-order valence-corrected chi connectivity index (χ0v) is 12.0. The Morgan fingerprint density at radius 1 is 1.41 bits per heavy atom. The van der Waals surface area contributed by atoms with Crippen LogP contribution in [0, 0.1) is 23.0 Å². The third kappa shape index (κ3) is 2.48. The fourth-order valence-corrected chi connectivity index (χ4v) is 1.95. The zero-order valence-electron chi connectivity index (χ0n) is 12.0. The molecule has 0 aliphatic rings. The number of nitro groups is 1. The maximum Gasteiger partial charge on any atom is 0.326 e. The molecule has 0 aliphatic heterocycles. The van der Waals surface area contributed by atoms with Gasteiger partial charge in [-0.3, -0.25) is 14.9 Å². The van der Waals surface area contributed by atoms with Gasteiger partial charge in [-0.05, 0) is 6.07 Å². The third-order valence-electron chi connectivity index (χ3n) is 2.98. The number of phenols is 2. The van der Waals surface area contributed by atoms with E-state index in [1.54, 1.807) is 13.8 Å². The van der Waals surface area contributed by atoms with E-state index in [-0.39, 0.29) is 22.8 Å². The number of hydrogen-bond acceptors (Lipinski definition) is 8. The van der Waals surface area contributed by atoms with Crippen molar-refractivity contribution >= 4 is 11.5 Å². The fraction of sp³-hybridized carbons (Fsp3) is 0.308. The topological polar surface area (TPSA) is 140 Å². The van der Waals surface area contributed by atoms with Gasteiger partial charge in [-0.2, -0.15) is 4.98 Å². The molecule has 2 aromatic rings. The summed E-state index contributed by atoms with van der Waals surface area (Å²) >= 11 is 0. The summed E-state index contributed by atoms with van der Waals surface area (Å²) in [6.45, 7) is 4.62. The number of phenolic OH excluding ortho intramolecular Hbond substituents is 2. The van der Waals surface area contributed by atoms with Gasteiger partial charge in [-0.25, -0.2) is 0 Å². The molecule has 2 rings (SSSR count). The lowest BCUT2D eigenvalue weighted by molar-refractivity contribution is -0.386. The number of carbonyl (C=O) groups is 1. The van der Waals surface area contributed by atoms with Gasteiger partial charge >= 0.3 is 5.69 Å². The molecule has 22 heavy (non-hydrogen) atoms. The van der Waals surface area contributed by atoms with E-state index in [9.17, 15) is 25.1 Å². The number of aryl methyl sites for hydroxylation is 1. The summed E-state index contributed by atoms with van der Waals surface area (Å²) in [4.78, 5) is 26.6. The van der Waals surface area contributed by atoms with Crippen molar-refractivity contribution in [1.82, 2.24) is 10.1 Å². The molecule has 0 amide bonds. The van der Waals surface area contributed by atoms with Gasteiger partial charge in [0.15, 0.2) is 11.5 Å². The number of aromatic nitrogens is 2. The molecule has 0 spiro atoms. The number of carbonyl (C=O) groups excluding carboxylic acids is 1. The quantitative estimate of drug-likeness (QED) is 0.379. The maximum absolute atomic E-state index is 12.4. The van der Waals surface area contributed by atoms with E-state index in [1.165, 1.54) is 6.92 Å². The Kier molecular flexibility index (Phi) is 3.81. The minimum absolute atomic E-state index is 0.0717. The van der Waals surface area contributed by atoms with Crippen LogP contribution in [0.3, 0.4) is 0 Å². The van der Waals surface area contributed by atoms with Crippen LogP contribution >= 0.6 is 0 Å². The smallest absolute Gasteiger partial charge is 0.326 e. The Morgan fingerprint density at radius 3 is 2.50 bits per heavy atom. The molecule has 0 atom stereocenters. The summed E-state index contributed by atoms with van der Waals surface area (Å²) in [7, 11) is 0. The van der Waals surface area contributed by atoms with Gasteiger partial charge in [0.05, 0.1) is 4.92 Å². The fourth-order valence-electron chi connectivity index (χ4n) is 1.95. The molecule has 0 unspecified atom stereocenters. The summed E-state index contributed by atoms with van der Waals surface area (Å²) < 4.78 is 4.80. The average Bonchev–Trinajstić information content (AvgIpc) is 2.86. The Hall–Kier alpha value is -2.97. The maximum atomic E-state index is 12.4. The first kappa shape index (κ1) is 15.4. The number of ketones is 1. The van der Waals surface area contributed by atoms with Gasteiger partial charge < -0.3 is 14.7 Å². The standard InChI is InChI=1S/C13H13N3O6/c1-5(2)11(18)9-7(13-14-6(3)22-15-13)4-8(17)12(19)10(9)16(20)21/h4-5,17,19H,1-3H3. The lowest BCUT2D eigenvalue weighted by atomic mass is 9.93. The third-order valence-corrected chi connectivity index (χ3v) is 2.98. The molecule has 0 fully saturated rings. The second kappa shape index (κ2) is 5.43. The van der Waals surface area contributed by atoms with E-state index < -0.39 is 33.8 Å². The molecule has 116 valence electrons. The van der Waals surface area contributed by atoms with Crippen molar-refractivity contribution < 1.29 is 24.5 Å². The molecule has 0 bridgehead atoms. The van der Waals surface area contributed by atoms with Crippen LogP contribution < -0.4 is 0 Å². The summed E-state index contributed by atoms with van der Waals surface area (Å²) in [5.74, 6) is -2.77. The number of benzene rings is 1. The molecule has 1 aromatic heterocycles. The SMILES string of the molecule is Cc1nc(-c2cc(O)c(O)c([N+](=O)[O-])c2C(=O)C(C)C)no1. The Labute approximate surface area is 124 Å². The van der Waals surface area contributed by atoms with Crippen LogP contribution in [0.2, 0.25) is 0 Å². The van der Waals surface area contributed by atoms with Crippen LogP contribution in [0.15, 0.2) is 10.6 Å². The molecule has 0 saturated heterocycles. The van der Waals surface area contributed by atoms with Crippen molar-refractivity contribution in [1.29, 1.82) is 0 Å². The van der Waals surface area contributed by atoms with Crippen molar-refractivity contribution in [3.05, 3.63) is 27.6 Å². The highest BCUT2D eigenvalue weighted by atomic mass is 16.6. The minimum atomic E-state index is -0.974. The predicted molar refractivity (Wildman–Crippen MR) is 73.6 cm³/mol. The average molecular weight is 307 g/mol. The highest BCUT2D eigenvalue weighted by Crippen LogP contribution is 2.43. The van der Waals surface area contributed by atoms with E-state index in [1.807, 2.05) is 0 Å². The van der Waals surface area contributed by atoms with Crippen LogP contribution in [0.25, 0.3) is 11.4 Å². The molecule has 1 heterocycles. The molecule has 0 saturated carbocycles. The van der Waals surface area contributed by atoms with Gasteiger partial charge in [-0.1, -0.05) is 19.0 Å². The zero-order chi connectivity index (χ0) is 16.6. The van der Waals surface area contributed by atoms with Gasteiger partial charge in [0, 0.05) is 18.4 Å². The number of Topliss-reactive ketones (excluding diaryl/α,β-unsaturated/α-hetero) is 1. The predicted octanol–water partition coefficient (Wildman–Crippen LogP) is 2.20. The van der Waals surface area contributed by atoms with Crippen LogP contribution in [-0.2, 0) is 0 Å². The molecule has 9 heteroatoms. The summed E-state index contributed by atoms with van der Waals surface area (Å²) in [6.07, 6.45) is 0. The van der Waals surface area contributed by atoms with E-state index in [0.29, 0.717) is 0 Å². The van der Waals surface area contributed by atoms with Crippen LogP contribution in [-0.4, -0.2) is 31.1 Å². The van der Waals surface area contributed by atoms with Crippen LogP contribution in [0.1, 0.15) is 30.1 Å². The molecule has 9 nitrogen and oxygen atoms in total. The minimum Gasteiger partial charge on any atom is -0.504 e. The normalized spacial score (nSPS) is 10.9. The molecular weight excluding hydrogens is 294 g/mol. The van der Waals surface area contributed by atoms with E-state index >= 15 is 0 Å². The molecule has 2 N–H and O–H groups in total. The van der Waals surface area contributed by atoms with Crippen LogP contribution in [0.5, 0.6) is 11.5 Å². The molecule has 0 radical (unpaired) electrons. The summed E-state index contributed by atoms with van der Waals surface area (Å²) in [5.41, 5.74) is -1.31. The van der Waals surface area contributed by atoms with Crippen molar-refractivity contribution in [2.45, 2.75) is 20.8 Å². The monoisotopic (exact) mass is 307 g/mol. The Bertz CT molecular complexity index is 765. The first-order valence-electron chi connectivity index (χ1n) is 6.32. The number of rotatable bonds is 4. The van der Waals surface area contributed by atoms with Crippen molar-refractivity contribution in [3.8, 4) is 22.9 Å². The lowest BCUT2D eigenvalue weighted by Gasteiger charge is -2.11. The van der Waals surface area contributed by atoms with E-state index in [0.717, 1.165) is 6.07 Å². The first-order chi connectivity index (χ1) is 10.2. The highest BCUT2D eigenvalue weighted by Gasteiger charge is 2.34. The first-order valence-corrected chi connectivity index (χ1v) is 6.32. The van der Waals surface area contributed by atoms with Crippen molar-refractivity contribution in [2.75, 3.05) is 0 Å². The van der Waals surface area contributed by atoms with Gasteiger partial charge in [0.25, 0.3) is 0 Å². The molecular formula is C13H13N3O6. The second-order valence-electron chi connectivity index (χ2n) is 4.93. The van der Waals surface area contributed by atoms with Crippen LogP contribution in [0.4, 0.5) is 5.69 Å². The van der Waals surface area contributed by atoms with Crippen molar-refractivity contribution in [3.63, 3.8) is 0 Å². The molecule has 1 aromatic carbocycles. The number of nitro benzene ring substituents is 1. The number of hydrogen-bond donors (Lipinski definition) is 2. The second-order valence-corrected chi connectivity index (χ2v) is 4.93. The van der Waals surface area contributed by atoms with Gasteiger partial charge in [0.2, 0.25) is 17.5 Å². The largest absolute Gasteiger partial charge is 0.504 e.